The van der Waals surface area contributed by atoms with E-state index in [-0.39, 0.29) is 17.6 Å². The topological polar surface area (TPSA) is 37.3 Å². The summed E-state index contributed by atoms with van der Waals surface area (Å²) in [7, 11) is 0. The Hall–Kier alpha value is -1.58. The number of aliphatic hydroxyl groups is 1. The van der Waals surface area contributed by atoms with E-state index in [1.807, 2.05) is 36.4 Å². The van der Waals surface area contributed by atoms with Crippen molar-refractivity contribution in [2.24, 2.45) is 0 Å². The number of carbonyl (C=O) groups is 1. The van der Waals surface area contributed by atoms with E-state index in [0.29, 0.717) is 5.75 Å². The van der Waals surface area contributed by atoms with Crippen molar-refractivity contribution in [3.8, 4) is 0 Å². The molecule has 0 saturated heterocycles. The molecule has 0 amide bonds. The van der Waals surface area contributed by atoms with E-state index >= 15 is 0 Å². The van der Waals surface area contributed by atoms with Gasteiger partial charge in [0.1, 0.15) is 6.61 Å². The van der Waals surface area contributed by atoms with Crippen molar-refractivity contribution in [3.63, 3.8) is 0 Å². The highest BCUT2D eigenvalue weighted by molar-refractivity contribution is 8.00. The van der Waals surface area contributed by atoms with Gasteiger partial charge in [0.2, 0.25) is 0 Å². The van der Waals surface area contributed by atoms with E-state index in [0.717, 1.165) is 0 Å². The molecule has 0 aromatic heterocycles. The fourth-order valence-corrected chi connectivity index (χ4v) is 3.01. The van der Waals surface area contributed by atoms with Crippen LogP contribution in [0, 0.1) is 0 Å². The molecule has 0 radical (unpaired) electrons. The lowest BCUT2D eigenvalue weighted by atomic mass is 10.0. The predicted octanol–water partition coefficient (Wildman–Crippen LogP) is 3.07. The zero-order chi connectivity index (χ0) is 13.5. The van der Waals surface area contributed by atoms with Gasteiger partial charge in [-0.2, -0.15) is 0 Å². The average Bonchev–Trinajstić information content (AvgIpc) is 2.49. The summed E-state index contributed by atoms with van der Waals surface area (Å²) < 4.78 is 0. The minimum Gasteiger partial charge on any atom is -0.389 e. The lowest BCUT2D eigenvalue weighted by Gasteiger charge is -2.17. The minimum absolute atomic E-state index is 0.123. The van der Waals surface area contributed by atoms with Gasteiger partial charge in [0.25, 0.3) is 0 Å². The Morgan fingerprint density at radius 1 is 0.947 bits per heavy atom. The van der Waals surface area contributed by atoms with Gasteiger partial charge in [-0.25, -0.2) is 0 Å². The third kappa shape index (κ3) is 3.94. The van der Waals surface area contributed by atoms with Crippen molar-refractivity contribution in [2.45, 2.75) is 5.25 Å². The first-order valence-corrected chi connectivity index (χ1v) is 7.20. The zero-order valence-corrected chi connectivity index (χ0v) is 11.3. The van der Waals surface area contributed by atoms with Crippen LogP contribution in [0.3, 0.4) is 0 Å². The molecule has 1 N–H and O–H groups in total. The number of Topliss-reactive ketones (excluding diaryl/α,β-unsaturated/α-hetero) is 1. The van der Waals surface area contributed by atoms with Crippen LogP contribution in [0.4, 0.5) is 0 Å². The highest BCUT2D eigenvalue weighted by Gasteiger charge is 2.15. The van der Waals surface area contributed by atoms with Gasteiger partial charge in [0.05, 0.1) is 11.0 Å². The molecule has 19 heavy (non-hydrogen) atoms. The van der Waals surface area contributed by atoms with Gasteiger partial charge in [0.15, 0.2) is 5.78 Å². The predicted molar refractivity (Wildman–Crippen MR) is 79.3 cm³/mol. The molecule has 0 bridgehead atoms. The van der Waals surface area contributed by atoms with Gasteiger partial charge in [-0.05, 0) is 11.1 Å². The van der Waals surface area contributed by atoms with Crippen LogP contribution in [0.1, 0.15) is 16.4 Å². The van der Waals surface area contributed by atoms with Crippen molar-refractivity contribution in [1.29, 1.82) is 0 Å². The Morgan fingerprint density at radius 2 is 1.42 bits per heavy atom. The smallest absolute Gasteiger partial charge is 0.168 e. The van der Waals surface area contributed by atoms with E-state index in [2.05, 4.69) is 24.3 Å². The van der Waals surface area contributed by atoms with Crippen molar-refractivity contribution >= 4 is 17.5 Å². The first kappa shape index (κ1) is 13.8. The van der Waals surface area contributed by atoms with Gasteiger partial charge in [0, 0.05) is 0 Å². The highest BCUT2D eigenvalue weighted by Crippen LogP contribution is 2.35. The Bertz CT molecular complexity index is 471. The molecule has 2 aromatic rings. The summed E-state index contributed by atoms with van der Waals surface area (Å²) in [5.41, 5.74) is 2.34. The van der Waals surface area contributed by atoms with Crippen LogP contribution in [-0.4, -0.2) is 23.2 Å². The van der Waals surface area contributed by atoms with Crippen LogP contribution in [0.2, 0.25) is 0 Å². The van der Waals surface area contributed by atoms with E-state index in [4.69, 9.17) is 5.11 Å². The fourth-order valence-electron chi connectivity index (χ4n) is 1.86. The summed E-state index contributed by atoms with van der Waals surface area (Å²) in [4.78, 5) is 11.3. The van der Waals surface area contributed by atoms with Crippen LogP contribution in [0.5, 0.6) is 0 Å². The zero-order valence-electron chi connectivity index (χ0n) is 10.5. The summed E-state index contributed by atoms with van der Waals surface area (Å²) in [5.74, 6) is 0.187. The number of hydrogen-bond acceptors (Lipinski definition) is 3. The van der Waals surface area contributed by atoms with Crippen molar-refractivity contribution < 1.29 is 9.90 Å². The van der Waals surface area contributed by atoms with Crippen molar-refractivity contribution in [1.82, 2.24) is 0 Å². The van der Waals surface area contributed by atoms with Crippen LogP contribution >= 0.6 is 11.8 Å². The highest BCUT2D eigenvalue weighted by atomic mass is 32.2. The third-order valence-corrected chi connectivity index (χ3v) is 4.16. The second-order valence-corrected chi connectivity index (χ2v) is 5.30. The van der Waals surface area contributed by atoms with Gasteiger partial charge in [-0.1, -0.05) is 60.7 Å². The number of rotatable bonds is 6. The lowest BCUT2D eigenvalue weighted by Crippen LogP contribution is -2.09. The molecule has 0 heterocycles. The van der Waals surface area contributed by atoms with Crippen LogP contribution in [0.15, 0.2) is 60.7 Å². The molecule has 0 aliphatic rings. The molecule has 2 rings (SSSR count). The lowest BCUT2D eigenvalue weighted by molar-refractivity contribution is -0.119. The maximum Gasteiger partial charge on any atom is 0.168 e. The van der Waals surface area contributed by atoms with E-state index < -0.39 is 0 Å². The van der Waals surface area contributed by atoms with Gasteiger partial charge < -0.3 is 5.11 Å². The van der Waals surface area contributed by atoms with Crippen LogP contribution in [0.25, 0.3) is 0 Å². The van der Waals surface area contributed by atoms with Gasteiger partial charge in [-0.15, -0.1) is 11.8 Å². The summed E-state index contributed by atoms with van der Waals surface area (Å²) in [6.07, 6.45) is 0. The molecule has 2 aromatic carbocycles. The Morgan fingerprint density at radius 3 is 1.84 bits per heavy atom. The first-order valence-electron chi connectivity index (χ1n) is 6.15. The number of ketones is 1. The average molecular weight is 272 g/mol. The second kappa shape index (κ2) is 7.12. The number of hydrogen-bond donors (Lipinski definition) is 1. The molecule has 0 spiro atoms. The molecule has 0 fully saturated rings. The summed E-state index contributed by atoms with van der Waals surface area (Å²) in [6.45, 7) is -0.386. The monoisotopic (exact) mass is 272 g/mol. The summed E-state index contributed by atoms with van der Waals surface area (Å²) in [6, 6.07) is 20.2. The molecule has 0 atom stereocenters. The van der Waals surface area contributed by atoms with Crippen molar-refractivity contribution in [2.75, 3.05) is 12.4 Å². The SMILES string of the molecule is O=C(CO)CSC(c1ccccc1)c1ccccc1. The summed E-state index contributed by atoms with van der Waals surface area (Å²) in [5, 5.41) is 8.95. The second-order valence-electron chi connectivity index (χ2n) is 4.21. The molecular weight excluding hydrogens is 256 g/mol. The normalized spacial score (nSPS) is 10.6. The first-order chi connectivity index (χ1) is 9.31. The van der Waals surface area contributed by atoms with Gasteiger partial charge in [-0.3, -0.25) is 4.79 Å². The molecule has 3 heteroatoms. The van der Waals surface area contributed by atoms with Crippen LogP contribution in [-0.2, 0) is 4.79 Å². The number of benzene rings is 2. The Kier molecular flexibility index (Phi) is 5.19. The van der Waals surface area contributed by atoms with E-state index in [1.165, 1.54) is 11.1 Å². The molecule has 0 aliphatic carbocycles. The summed E-state index contributed by atoms with van der Waals surface area (Å²) >= 11 is 1.55. The molecule has 98 valence electrons. The van der Waals surface area contributed by atoms with Gasteiger partial charge >= 0.3 is 0 Å². The third-order valence-electron chi connectivity index (χ3n) is 2.79. The quantitative estimate of drug-likeness (QED) is 0.878. The molecule has 2 nitrogen and oxygen atoms in total. The molecule has 0 saturated carbocycles. The van der Waals surface area contributed by atoms with Crippen LogP contribution < -0.4 is 0 Å². The maximum atomic E-state index is 11.3. The molecule has 0 aliphatic heterocycles. The fraction of sp³-hybridized carbons (Fsp3) is 0.188. The Labute approximate surface area is 117 Å². The standard InChI is InChI=1S/C16H16O2S/c17-11-15(18)12-19-16(13-7-3-1-4-8-13)14-9-5-2-6-10-14/h1-10,16-17H,11-12H2. The minimum atomic E-state index is -0.386. The molecule has 0 unspecified atom stereocenters. The number of thioether (sulfide) groups is 1. The van der Waals surface area contributed by atoms with E-state index in [1.54, 1.807) is 11.8 Å². The maximum absolute atomic E-state index is 11.3. The number of carbonyl (C=O) groups excluding carboxylic acids is 1. The largest absolute Gasteiger partial charge is 0.389 e. The number of aliphatic hydroxyl groups excluding tert-OH is 1. The van der Waals surface area contributed by atoms with Crippen molar-refractivity contribution in [3.05, 3.63) is 71.8 Å². The molecular formula is C16H16O2S. The Balaban J connectivity index is 2.21. The van der Waals surface area contributed by atoms with E-state index in [9.17, 15) is 4.79 Å².